The van der Waals surface area contributed by atoms with Crippen LogP contribution in [0.5, 0.6) is 11.5 Å². The van der Waals surface area contributed by atoms with Crippen molar-refractivity contribution in [1.82, 2.24) is 9.97 Å². The molecule has 0 amide bonds. The van der Waals surface area contributed by atoms with E-state index in [1.54, 1.807) is 26.0 Å². The molecule has 35 heavy (non-hydrogen) atoms. The summed E-state index contributed by atoms with van der Waals surface area (Å²) in [4.78, 5) is 8.97. The van der Waals surface area contributed by atoms with Crippen LogP contribution in [0.2, 0.25) is 0 Å². The summed E-state index contributed by atoms with van der Waals surface area (Å²) in [5.41, 5.74) is 5.94. The molecule has 0 radical (unpaired) electrons. The number of benzene rings is 2. The minimum atomic E-state index is -4.50. The number of aryl methyl sites for hydroxylation is 1. The second-order valence-corrected chi connectivity index (χ2v) is 8.27. The quantitative estimate of drug-likeness (QED) is 0.465. The molecule has 2 heterocycles. The fourth-order valence-corrected chi connectivity index (χ4v) is 3.83. The van der Waals surface area contributed by atoms with E-state index in [4.69, 9.17) is 24.7 Å². The van der Waals surface area contributed by atoms with E-state index in [9.17, 15) is 13.2 Å². The second-order valence-electron chi connectivity index (χ2n) is 8.27. The highest BCUT2D eigenvalue weighted by molar-refractivity contribution is 5.92. The largest absolute Gasteiger partial charge is 0.493 e. The van der Waals surface area contributed by atoms with Crippen LogP contribution in [0.4, 0.5) is 24.7 Å². The normalized spacial score (nSPS) is 17.3. The minimum Gasteiger partial charge on any atom is -0.493 e. The Balaban J connectivity index is 1.66. The molecular weight excluding hydrogens is 465 g/mol. The topological polar surface area (TPSA) is 101 Å². The summed E-state index contributed by atoms with van der Waals surface area (Å²) in [5.74, 6) is 1.87. The summed E-state index contributed by atoms with van der Waals surface area (Å²) < 4.78 is 62.3. The molecule has 4 rings (SSSR count). The number of fused-ring (bicyclic) bond motifs is 1. The molecule has 3 N–H and O–H groups in total. The Hall–Kier alpha value is -3.31. The molecule has 11 heteroatoms. The standard InChI is InChI=1S/C24H27F3N4O4/c1-13(15-6-16(24(25,26)27)8-17(28)7-15)29-23-19-9-22(35-12-18-11-33-4-5-34-18)21(32-3)10-20(19)30-14(2)31-23/h6-10,13,18H,4-5,11-12,28H2,1-3H3,(H,29,30,31)/t13?,18-/m0/s1. The predicted octanol–water partition coefficient (Wildman–Crippen LogP) is 4.52. The van der Waals surface area contributed by atoms with Gasteiger partial charge in [-0.05, 0) is 43.7 Å². The van der Waals surface area contributed by atoms with Crippen LogP contribution in [0.15, 0.2) is 30.3 Å². The minimum absolute atomic E-state index is 0.0292. The first-order valence-corrected chi connectivity index (χ1v) is 11.1. The highest BCUT2D eigenvalue weighted by Gasteiger charge is 2.31. The molecule has 188 valence electrons. The van der Waals surface area contributed by atoms with Crippen LogP contribution in [0.1, 0.15) is 29.9 Å². The summed E-state index contributed by atoms with van der Waals surface area (Å²) >= 11 is 0. The van der Waals surface area contributed by atoms with Crippen molar-refractivity contribution < 1.29 is 32.1 Å². The molecule has 1 aliphatic rings. The first kappa shape index (κ1) is 24.8. The third-order valence-corrected chi connectivity index (χ3v) is 5.56. The van der Waals surface area contributed by atoms with Gasteiger partial charge < -0.3 is 30.0 Å². The van der Waals surface area contributed by atoms with E-state index < -0.39 is 17.8 Å². The Morgan fingerprint density at radius 1 is 1.14 bits per heavy atom. The van der Waals surface area contributed by atoms with Crippen molar-refractivity contribution in [2.45, 2.75) is 32.2 Å². The van der Waals surface area contributed by atoms with E-state index >= 15 is 0 Å². The van der Waals surface area contributed by atoms with E-state index in [-0.39, 0.29) is 18.4 Å². The molecule has 1 unspecified atom stereocenters. The van der Waals surface area contributed by atoms with Crippen molar-refractivity contribution in [3.8, 4) is 11.5 Å². The molecule has 0 saturated carbocycles. The van der Waals surface area contributed by atoms with Gasteiger partial charge in [-0.2, -0.15) is 13.2 Å². The molecule has 0 aliphatic carbocycles. The zero-order valence-corrected chi connectivity index (χ0v) is 19.6. The summed E-state index contributed by atoms with van der Waals surface area (Å²) in [5, 5.41) is 3.83. The van der Waals surface area contributed by atoms with Crippen molar-refractivity contribution in [2.75, 3.05) is 44.6 Å². The number of nitrogens with two attached hydrogens (primary N) is 1. The van der Waals surface area contributed by atoms with Crippen LogP contribution in [0, 0.1) is 6.92 Å². The Morgan fingerprint density at radius 3 is 2.63 bits per heavy atom. The van der Waals surface area contributed by atoms with Gasteiger partial charge in [0, 0.05) is 17.1 Å². The molecule has 0 bridgehead atoms. The van der Waals surface area contributed by atoms with Gasteiger partial charge in [0.15, 0.2) is 11.5 Å². The van der Waals surface area contributed by atoms with Crippen LogP contribution in [0.25, 0.3) is 10.9 Å². The van der Waals surface area contributed by atoms with Gasteiger partial charge in [0.25, 0.3) is 0 Å². The number of nitrogens with zero attached hydrogens (tertiary/aromatic N) is 2. The van der Waals surface area contributed by atoms with E-state index in [1.165, 1.54) is 13.2 Å². The van der Waals surface area contributed by atoms with E-state index in [1.807, 2.05) is 0 Å². The number of anilines is 2. The monoisotopic (exact) mass is 492 g/mol. The van der Waals surface area contributed by atoms with Crippen LogP contribution in [-0.4, -0.2) is 49.6 Å². The molecule has 2 aromatic carbocycles. The van der Waals surface area contributed by atoms with Crippen LogP contribution in [-0.2, 0) is 15.7 Å². The molecule has 2 atom stereocenters. The lowest BCUT2D eigenvalue weighted by Crippen LogP contribution is -2.33. The molecule has 8 nitrogen and oxygen atoms in total. The third-order valence-electron chi connectivity index (χ3n) is 5.56. The number of alkyl halides is 3. The summed E-state index contributed by atoms with van der Waals surface area (Å²) in [6.45, 7) is 5.22. The number of nitrogen functional groups attached to an aromatic ring is 1. The number of ether oxygens (including phenoxy) is 4. The molecule has 1 fully saturated rings. The number of methoxy groups -OCH3 is 1. The fourth-order valence-electron chi connectivity index (χ4n) is 3.83. The molecule has 1 aliphatic heterocycles. The molecule has 3 aromatic rings. The lowest BCUT2D eigenvalue weighted by molar-refractivity contribution is -0.137. The van der Waals surface area contributed by atoms with Gasteiger partial charge >= 0.3 is 6.18 Å². The first-order chi connectivity index (χ1) is 16.6. The number of aromatic nitrogens is 2. The van der Waals surface area contributed by atoms with Gasteiger partial charge in [-0.15, -0.1) is 0 Å². The molecular formula is C24H27F3N4O4. The summed E-state index contributed by atoms with van der Waals surface area (Å²) in [6, 6.07) is 6.44. The maximum absolute atomic E-state index is 13.3. The molecule has 0 spiro atoms. The maximum Gasteiger partial charge on any atom is 0.416 e. The van der Waals surface area contributed by atoms with Crippen LogP contribution >= 0.6 is 0 Å². The first-order valence-electron chi connectivity index (χ1n) is 11.1. The molecule has 1 aromatic heterocycles. The van der Waals surface area contributed by atoms with E-state index in [0.717, 1.165) is 12.1 Å². The van der Waals surface area contributed by atoms with Crippen molar-refractivity contribution in [3.05, 3.63) is 47.3 Å². The van der Waals surface area contributed by atoms with Gasteiger partial charge in [0.05, 0.1) is 44.1 Å². The average Bonchev–Trinajstić information content (AvgIpc) is 2.82. The van der Waals surface area contributed by atoms with Gasteiger partial charge in [0.1, 0.15) is 24.4 Å². The zero-order chi connectivity index (χ0) is 25.2. The maximum atomic E-state index is 13.3. The zero-order valence-electron chi connectivity index (χ0n) is 19.6. The third kappa shape index (κ3) is 5.85. The number of nitrogens with one attached hydrogen (secondary N) is 1. The van der Waals surface area contributed by atoms with Crippen molar-refractivity contribution in [3.63, 3.8) is 0 Å². The lowest BCUT2D eigenvalue weighted by atomic mass is 10.0. The van der Waals surface area contributed by atoms with Gasteiger partial charge in [0.2, 0.25) is 0 Å². The van der Waals surface area contributed by atoms with Crippen LogP contribution in [0.3, 0.4) is 0 Å². The number of hydrogen-bond acceptors (Lipinski definition) is 8. The lowest BCUT2D eigenvalue weighted by Gasteiger charge is -2.23. The van der Waals surface area contributed by atoms with Crippen molar-refractivity contribution in [2.24, 2.45) is 0 Å². The Kier molecular flexibility index (Phi) is 7.18. The smallest absolute Gasteiger partial charge is 0.416 e. The Bertz CT molecular complexity index is 1200. The van der Waals surface area contributed by atoms with Gasteiger partial charge in [-0.25, -0.2) is 9.97 Å². The van der Waals surface area contributed by atoms with E-state index in [2.05, 4.69) is 15.3 Å². The summed E-state index contributed by atoms with van der Waals surface area (Å²) in [6.07, 6.45) is -4.71. The van der Waals surface area contributed by atoms with Crippen molar-refractivity contribution >= 4 is 22.4 Å². The predicted molar refractivity (Wildman–Crippen MR) is 125 cm³/mol. The number of halogens is 3. The highest BCUT2D eigenvalue weighted by Crippen LogP contribution is 2.37. The average molecular weight is 492 g/mol. The molecule has 1 saturated heterocycles. The van der Waals surface area contributed by atoms with Gasteiger partial charge in [-0.3, -0.25) is 0 Å². The number of hydrogen-bond donors (Lipinski definition) is 2. The Morgan fingerprint density at radius 2 is 1.94 bits per heavy atom. The SMILES string of the molecule is COc1cc2nc(C)nc(NC(C)c3cc(N)cc(C(F)(F)F)c3)c2cc1OC[C@@H]1COCCO1. The highest BCUT2D eigenvalue weighted by atomic mass is 19.4. The summed E-state index contributed by atoms with van der Waals surface area (Å²) in [7, 11) is 1.53. The van der Waals surface area contributed by atoms with Crippen LogP contribution < -0.4 is 20.5 Å². The number of rotatable bonds is 7. The van der Waals surface area contributed by atoms with Gasteiger partial charge in [-0.1, -0.05) is 0 Å². The second kappa shape index (κ2) is 10.1. The van der Waals surface area contributed by atoms with E-state index in [0.29, 0.717) is 59.4 Å². The fraction of sp³-hybridized carbons (Fsp3) is 0.417. The van der Waals surface area contributed by atoms with Crippen molar-refractivity contribution in [1.29, 1.82) is 0 Å². The Labute approximate surface area is 200 Å².